The molecule has 0 spiro atoms. The smallest absolute Gasteiger partial charge is 0.344 e. The van der Waals surface area contributed by atoms with Crippen LogP contribution in [0.3, 0.4) is 0 Å². The van der Waals surface area contributed by atoms with Gasteiger partial charge in [0.15, 0.2) is 0 Å². The van der Waals surface area contributed by atoms with Crippen LogP contribution in [0.5, 0.6) is 0 Å². The Hall–Kier alpha value is -2.92. The second-order valence-electron chi connectivity index (χ2n) is 6.54. The Morgan fingerprint density at radius 2 is 1.65 bits per heavy atom. The first-order valence-corrected chi connectivity index (χ1v) is 8.90. The lowest BCUT2D eigenvalue weighted by Gasteiger charge is -2.13. The first kappa shape index (κ1) is 16.5. The van der Waals surface area contributed by atoms with Gasteiger partial charge in [-0.15, -0.1) is 0 Å². The van der Waals surface area contributed by atoms with Gasteiger partial charge in [0.05, 0.1) is 12.8 Å². The van der Waals surface area contributed by atoms with Crippen molar-refractivity contribution in [1.82, 2.24) is 14.7 Å². The quantitative estimate of drug-likeness (QED) is 0.784. The highest BCUT2D eigenvalue weighted by atomic mass is 16.3. The number of aliphatic hydroxyl groups is 1. The fraction of sp³-hybridized carbons (Fsp3) is 0.238. The lowest BCUT2D eigenvalue weighted by atomic mass is 9.98. The van der Waals surface area contributed by atoms with Crippen LogP contribution in [0.1, 0.15) is 18.4 Å². The molecule has 132 valence electrons. The number of hydrogen-bond acceptors (Lipinski definition) is 3. The molecule has 1 aliphatic rings. The molecule has 5 heteroatoms. The molecule has 0 bridgehead atoms. The van der Waals surface area contributed by atoms with Gasteiger partial charge in [0, 0.05) is 24.8 Å². The van der Waals surface area contributed by atoms with E-state index in [1.54, 1.807) is 12.4 Å². The van der Waals surface area contributed by atoms with Gasteiger partial charge in [-0.3, -0.25) is 0 Å². The van der Waals surface area contributed by atoms with Crippen LogP contribution in [0.25, 0.3) is 22.3 Å². The van der Waals surface area contributed by atoms with E-state index in [9.17, 15) is 9.90 Å². The van der Waals surface area contributed by atoms with Crippen LogP contribution in [0.15, 0.2) is 60.9 Å². The Morgan fingerprint density at radius 3 is 2.38 bits per heavy atom. The number of rotatable bonds is 3. The Labute approximate surface area is 152 Å². The van der Waals surface area contributed by atoms with E-state index < -0.39 is 0 Å². The summed E-state index contributed by atoms with van der Waals surface area (Å²) in [5.41, 5.74) is 4.92. The average Bonchev–Trinajstić information content (AvgIpc) is 3.40. The number of amides is 1. The number of carbonyl (C=O) groups is 1. The monoisotopic (exact) mass is 347 g/mol. The topological polar surface area (TPSA) is 58.4 Å². The van der Waals surface area contributed by atoms with Crippen molar-refractivity contribution in [2.45, 2.75) is 19.4 Å². The van der Waals surface area contributed by atoms with Crippen molar-refractivity contribution in [3.63, 3.8) is 0 Å². The summed E-state index contributed by atoms with van der Waals surface area (Å²) in [5.74, 6) is 0. The molecule has 0 aliphatic carbocycles. The normalized spacial score (nSPS) is 14.0. The Kier molecular flexibility index (Phi) is 4.54. The Balaban J connectivity index is 1.57. The van der Waals surface area contributed by atoms with Crippen molar-refractivity contribution in [1.29, 1.82) is 0 Å². The van der Waals surface area contributed by atoms with E-state index in [4.69, 9.17) is 0 Å². The van der Waals surface area contributed by atoms with Crippen LogP contribution in [0, 0.1) is 0 Å². The molecule has 3 aromatic rings. The van der Waals surface area contributed by atoms with Gasteiger partial charge in [-0.2, -0.15) is 9.78 Å². The van der Waals surface area contributed by atoms with E-state index in [1.165, 1.54) is 4.68 Å². The minimum atomic E-state index is -0.0535. The Bertz CT molecular complexity index is 909. The van der Waals surface area contributed by atoms with E-state index in [0.717, 1.165) is 53.7 Å². The molecule has 1 fully saturated rings. The summed E-state index contributed by atoms with van der Waals surface area (Å²) in [7, 11) is 0. The number of likely N-dealkylation sites (tertiary alicyclic amines) is 1. The number of nitrogens with zero attached hydrogens (tertiary/aromatic N) is 3. The van der Waals surface area contributed by atoms with Crippen LogP contribution in [-0.4, -0.2) is 38.9 Å². The molecular weight excluding hydrogens is 326 g/mol. The zero-order valence-corrected chi connectivity index (χ0v) is 14.5. The molecule has 0 atom stereocenters. The van der Waals surface area contributed by atoms with Crippen LogP contribution in [0.4, 0.5) is 4.79 Å². The second-order valence-corrected chi connectivity index (χ2v) is 6.54. The van der Waals surface area contributed by atoms with Crippen LogP contribution in [-0.2, 0) is 6.61 Å². The number of benzene rings is 2. The molecule has 1 aromatic heterocycles. The van der Waals surface area contributed by atoms with Gasteiger partial charge >= 0.3 is 6.03 Å². The third-order valence-electron chi connectivity index (χ3n) is 4.87. The molecule has 2 heterocycles. The fourth-order valence-corrected chi connectivity index (χ4v) is 3.41. The average molecular weight is 347 g/mol. The minimum absolute atomic E-state index is 0.0172. The summed E-state index contributed by atoms with van der Waals surface area (Å²) in [6.45, 7) is 1.64. The highest BCUT2D eigenvalue weighted by Gasteiger charge is 2.20. The molecule has 4 rings (SSSR count). The predicted octanol–water partition coefficient (Wildman–Crippen LogP) is 3.77. The summed E-state index contributed by atoms with van der Waals surface area (Å²) >= 11 is 0. The fourth-order valence-electron chi connectivity index (χ4n) is 3.41. The lowest BCUT2D eigenvalue weighted by Crippen LogP contribution is -2.32. The van der Waals surface area contributed by atoms with Gasteiger partial charge in [0.25, 0.3) is 0 Å². The third-order valence-corrected chi connectivity index (χ3v) is 4.87. The van der Waals surface area contributed by atoms with Gasteiger partial charge in [-0.25, -0.2) is 4.79 Å². The van der Waals surface area contributed by atoms with Gasteiger partial charge in [0.2, 0.25) is 0 Å². The van der Waals surface area contributed by atoms with Crippen LogP contribution >= 0.6 is 0 Å². The van der Waals surface area contributed by atoms with Crippen LogP contribution in [0.2, 0.25) is 0 Å². The number of hydrogen-bond donors (Lipinski definition) is 1. The summed E-state index contributed by atoms with van der Waals surface area (Å²) in [5, 5.41) is 13.7. The molecule has 5 nitrogen and oxygen atoms in total. The maximum absolute atomic E-state index is 12.4. The van der Waals surface area contributed by atoms with E-state index in [-0.39, 0.29) is 12.6 Å². The van der Waals surface area contributed by atoms with Crippen molar-refractivity contribution >= 4 is 6.03 Å². The van der Waals surface area contributed by atoms with Crippen molar-refractivity contribution in [2.24, 2.45) is 0 Å². The molecule has 1 saturated heterocycles. The van der Waals surface area contributed by atoms with Crippen molar-refractivity contribution in [3.05, 3.63) is 66.5 Å². The predicted molar refractivity (Wildman–Crippen MR) is 101 cm³/mol. The standard InChI is InChI=1S/C21H21N3O2/c25-15-18-5-1-2-6-20(18)17-9-7-16(8-10-17)19-13-22-24(14-19)21(26)23-11-3-4-12-23/h1-2,5-10,13-14,25H,3-4,11-12,15H2. The van der Waals surface area contributed by atoms with Crippen molar-refractivity contribution in [3.8, 4) is 22.3 Å². The lowest BCUT2D eigenvalue weighted by molar-refractivity contribution is 0.207. The van der Waals surface area contributed by atoms with Gasteiger partial charge in [0.1, 0.15) is 0 Å². The van der Waals surface area contributed by atoms with Gasteiger partial charge in [-0.05, 0) is 35.1 Å². The summed E-state index contributed by atoms with van der Waals surface area (Å²) in [6.07, 6.45) is 5.65. The number of aliphatic hydroxyl groups excluding tert-OH is 1. The molecule has 1 aliphatic heterocycles. The first-order chi connectivity index (χ1) is 12.8. The van der Waals surface area contributed by atoms with E-state index in [1.807, 2.05) is 53.4 Å². The molecule has 0 unspecified atom stereocenters. The van der Waals surface area contributed by atoms with Crippen LogP contribution < -0.4 is 0 Å². The van der Waals surface area contributed by atoms with Gasteiger partial charge < -0.3 is 10.0 Å². The molecule has 1 amide bonds. The molecule has 26 heavy (non-hydrogen) atoms. The maximum Gasteiger partial charge on any atom is 0.344 e. The summed E-state index contributed by atoms with van der Waals surface area (Å²) in [6, 6.07) is 15.9. The molecule has 1 N–H and O–H groups in total. The van der Waals surface area contributed by atoms with Crippen molar-refractivity contribution < 1.29 is 9.90 Å². The van der Waals surface area contributed by atoms with E-state index >= 15 is 0 Å². The van der Waals surface area contributed by atoms with Crippen molar-refractivity contribution in [2.75, 3.05) is 13.1 Å². The maximum atomic E-state index is 12.4. The highest BCUT2D eigenvalue weighted by Crippen LogP contribution is 2.27. The first-order valence-electron chi connectivity index (χ1n) is 8.90. The highest BCUT2D eigenvalue weighted by molar-refractivity contribution is 5.78. The summed E-state index contributed by atoms with van der Waals surface area (Å²) in [4.78, 5) is 14.2. The summed E-state index contributed by atoms with van der Waals surface area (Å²) < 4.78 is 1.43. The van der Waals surface area contributed by atoms with E-state index in [2.05, 4.69) is 5.10 Å². The zero-order valence-electron chi connectivity index (χ0n) is 14.5. The molecule has 2 aromatic carbocycles. The zero-order chi connectivity index (χ0) is 17.9. The van der Waals surface area contributed by atoms with Gasteiger partial charge in [-0.1, -0.05) is 48.5 Å². The molecule has 0 saturated carbocycles. The molecule has 0 radical (unpaired) electrons. The SMILES string of the molecule is O=C(N1CCCC1)n1cc(-c2ccc(-c3ccccc3CO)cc2)cn1. The number of carbonyl (C=O) groups excluding carboxylic acids is 1. The number of aromatic nitrogens is 2. The second kappa shape index (κ2) is 7.14. The Morgan fingerprint density at radius 1 is 0.962 bits per heavy atom. The third kappa shape index (κ3) is 3.13. The largest absolute Gasteiger partial charge is 0.392 e. The van der Waals surface area contributed by atoms with E-state index in [0.29, 0.717) is 0 Å². The minimum Gasteiger partial charge on any atom is -0.392 e. The molecular formula is C21H21N3O2.